The van der Waals surface area contributed by atoms with Gasteiger partial charge in [0.1, 0.15) is 0 Å². The molecule has 1 aromatic carbocycles. The Balaban J connectivity index is 2.00. The van der Waals surface area contributed by atoms with E-state index in [1.54, 1.807) is 18.2 Å². The molecule has 122 valence electrons. The molecule has 3 rings (SSSR count). The number of benzene rings is 1. The minimum absolute atomic E-state index is 0.305. The summed E-state index contributed by atoms with van der Waals surface area (Å²) in [5.41, 5.74) is -0.874. The predicted octanol–water partition coefficient (Wildman–Crippen LogP) is 1.77. The van der Waals surface area contributed by atoms with Crippen molar-refractivity contribution >= 4 is 24.1 Å². The van der Waals surface area contributed by atoms with Crippen LogP contribution in [0.25, 0.3) is 0 Å². The van der Waals surface area contributed by atoms with E-state index in [0.717, 1.165) is 5.46 Å². The van der Waals surface area contributed by atoms with E-state index in [0.29, 0.717) is 11.1 Å². The minimum atomic E-state index is -1.43. The van der Waals surface area contributed by atoms with E-state index in [1.807, 2.05) is 27.7 Å². The van der Waals surface area contributed by atoms with Crippen LogP contribution in [0.3, 0.4) is 0 Å². The first-order valence-corrected chi connectivity index (χ1v) is 7.68. The lowest BCUT2D eigenvalue weighted by atomic mass is 9.78. The van der Waals surface area contributed by atoms with Crippen molar-refractivity contribution < 1.29 is 23.6 Å². The van der Waals surface area contributed by atoms with Crippen molar-refractivity contribution in [1.82, 2.24) is 0 Å². The van der Waals surface area contributed by atoms with Gasteiger partial charge in [0, 0.05) is 18.2 Å². The maximum atomic E-state index is 12.6. The Morgan fingerprint density at radius 2 is 1.43 bits per heavy atom. The molecule has 1 heterocycles. The van der Waals surface area contributed by atoms with E-state index < -0.39 is 23.9 Å². The van der Waals surface area contributed by atoms with E-state index in [-0.39, 0.29) is 11.6 Å². The zero-order valence-corrected chi connectivity index (χ0v) is 14.4. The van der Waals surface area contributed by atoms with Crippen molar-refractivity contribution in [2.45, 2.75) is 51.4 Å². The number of ether oxygens (including phenoxy) is 1. The Hall–Kier alpha value is -1.50. The molecule has 0 unspecified atom stereocenters. The highest BCUT2D eigenvalue weighted by atomic mass is 16.7. The fourth-order valence-electron chi connectivity index (χ4n) is 2.88. The van der Waals surface area contributed by atoms with Crippen LogP contribution in [0, 0.1) is 0 Å². The Morgan fingerprint density at radius 3 is 1.96 bits per heavy atom. The maximum absolute atomic E-state index is 12.6. The van der Waals surface area contributed by atoms with Gasteiger partial charge in [-0.25, -0.2) is 0 Å². The zero-order valence-electron chi connectivity index (χ0n) is 14.4. The summed E-state index contributed by atoms with van der Waals surface area (Å²) in [7, 11) is 0.805. The summed E-state index contributed by atoms with van der Waals surface area (Å²) in [6, 6.07) is 5.11. The molecule has 1 atom stereocenters. The number of Topliss-reactive ketones (excluding diaryl/α,β-unsaturated/α-hetero) is 2. The summed E-state index contributed by atoms with van der Waals surface area (Å²) in [5.74, 6) is -0.626. The minimum Gasteiger partial charge on any atom is -0.399 e. The van der Waals surface area contributed by atoms with Gasteiger partial charge in [-0.2, -0.15) is 0 Å². The molecule has 1 fully saturated rings. The standard InChI is InChI=1S/C17H21BO5/c1-15(2)16(3,4)23-18(22-15)10-7-8-11-12(9-10)14(20)17(5,21-6)13(11)19/h7-9H,1-6H3/t17-/m0/s1. The van der Waals surface area contributed by atoms with Crippen molar-refractivity contribution in [1.29, 1.82) is 0 Å². The molecule has 0 N–H and O–H groups in total. The molecule has 0 amide bonds. The van der Waals surface area contributed by atoms with Gasteiger partial charge in [-0.05, 0) is 40.1 Å². The van der Waals surface area contributed by atoms with Crippen LogP contribution in [0.1, 0.15) is 55.3 Å². The third kappa shape index (κ3) is 2.12. The molecule has 1 aliphatic heterocycles. The van der Waals surface area contributed by atoms with Crippen molar-refractivity contribution in [3.8, 4) is 0 Å². The first kappa shape index (κ1) is 16.4. The Bertz CT molecular complexity index is 693. The van der Waals surface area contributed by atoms with Gasteiger partial charge < -0.3 is 14.0 Å². The van der Waals surface area contributed by atoms with E-state index in [9.17, 15) is 9.59 Å². The van der Waals surface area contributed by atoms with Crippen LogP contribution >= 0.6 is 0 Å². The number of methoxy groups -OCH3 is 1. The molecule has 2 aliphatic rings. The summed E-state index contributed by atoms with van der Waals surface area (Å²) in [6.07, 6.45) is 0. The number of fused-ring (bicyclic) bond motifs is 1. The summed E-state index contributed by atoms with van der Waals surface area (Å²) >= 11 is 0. The molecule has 5 nitrogen and oxygen atoms in total. The lowest BCUT2D eigenvalue weighted by molar-refractivity contribution is 0.00578. The normalized spacial score (nSPS) is 28.3. The third-order valence-corrected chi connectivity index (χ3v) is 5.33. The molecular weight excluding hydrogens is 295 g/mol. The first-order valence-electron chi connectivity index (χ1n) is 7.68. The SMILES string of the molecule is CO[C@@]1(C)C(=O)c2ccc(B3OC(C)(C)C(C)(C)O3)cc2C1=O. The smallest absolute Gasteiger partial charge is 0.399 e. The summed E-state index contributed by atoms with van der Waals surface area (Å²) in [6.45, 7) is 9.38. The van der Waals surface area contributed by atoms with Gasteiger partial charge in [-0.3, -0.25) is 9.59 Å². The quantitative estimate of drug-likeness (QED) is 0.615. The van der Waals surface area contributed by atoms with Crippen LogP contribution in [-0.2, 0) is 14.0 Å². The fourth-order valence-corrected chi connectivity index (χ4v) is 2.88. The van der Waals surface area contributed by atoms with Gasteiger partial charge in [0.2, 0.25) is 11.6 Å². The fraction of sp³-hybridized carbons (Fsp3) is 0.529. The van der Waals surface area contributed by atoms with Crippen molar-refractivity contribution in [3.05, 3.63) is 29.3 Å². The molecule has 1 aromatic rings. The molecular formula is C17H21BO5. The van der Waals surface area contributed by atoms with Gasteiger partial charge >= 0.3 is 7.12 Å². The molecule has 23 heavy (non-hydrogen) atoms. The average molecular weight is 316 g/mol. The maximum Gasteiger partial charge on any atom is 0.494 e. The summed E-state index contributed by atoms with van der Waals surface area (Å²) < 4.78 is 17.2. The molecule has 6 heteroatoms. The highest BCUT2D eigenvalue weighted by Gasteiger charge is 2.53. The Labute approximate surface area is 136 Å². The second kappa shape index (κ2) is 4.75. The average Bonchev–Trinajstić information content (AvgIpc) is 2.82. The van der Waals surface area contributed by atoms with Crippen LogP contribution in [0.2, 0.25) is 0 Å². The molecule has 0 bridgehead atoms. The lowest BCUT2D eigenvalue weighted by Crippen LogP contribution is -2.41. The molecule has 0 radical (unpaired) electrons. The van der Waals surface area contributed by atoms with Crippen LogP contribution in [0.5, 0.6) is 0 Å². The Morgan fingerprint density at radius 1 is 0.913 bits per heavy atom. The van der Waals surface area contributed by atoms with Gasteiger partial charge in [-0.15, -0.1) is 0 Å². The second-order valence-electron chi connectivity index (χ2n) is 7.29. The monoisotopic (exact) mass is 316 g/mol. The van der Waals surface area contributed by atoms with E-state index in [4.69, 9.17) is 14.0 Å². The van der Waals surface area contributed by atoms with Gasteiger partial charge in [-0.1, -0.05) is 18.2 Å². The topological polar surface area (TPSA) is 61.8 Å². The Kier molecular flexibility index (Phi) is 3.38. The van der Waals surface area contributed by atoms with E-state index in [1.165, 1.54) is 14.0 Å². The predicted molar refractivity (Wildman–Crippen MR) is 86.2 cm³/mol. The van der Waals surface area contributed by atoms with Crippen LogP contribution in [-0.4, -0.2) is 42.6 Å². The second-order valence-corrected chi connectivity index (χ2v) is 7.29. The van der Waals surface area contributed by atoms with E-state index >= 15 is 0 Å². The highest BCUT2D eigenvalue weighted by molar-refractivity contribution is 6.62. The van der Waals surface area contributed by atoms with Crippen LogP contribution < -0.4 is 5.46 Å². The number of ketones is 2. The largest absolute Gasteiger partial charge is 0.494 e. The number of hydrogen-bond acceptors (Lipinski definition) is 5. The first-order chi connectivity index (χ1) is 10.5. The summed E-state index contributed by atoms with van der Waals surface area (Å²) in [5, 5.41) is 0. The van der Waals surface area contributed by atoms with Crippen molar-refractivity contribution in [2.24, 2.45) is 0 Å². The van der Waals surface area contributed by atoms with Crippen LogP contribution in [0.15, 0.2) is 18.2 Å². The van der Waals surface area contributed by atoms with Crippen molar-refractivity contribution in [3.63, 3.8) is 0 Å². The lowest BCUT2D eigenvalue weighted by Gasteiger charge is -2.32. The number of hydrogen-bond donors (Lipinski definition) is 0. The molecule has 1 saturated heterocycles. The number of rotatable bonds is 2. The molecule has 1 aliphatic carbocycles. The molecule has 0 aromatic heterocycles. The summed E-state index contributed by atoms with van der Waals surface area (Å²) in [4.78, 5) is 24.9. The van der Waals surface area contributed by atoms with Gasteiger partial charge in [0.25, 0.3) is 0 Å². The van der Waals surface area contributed by atoms with Gasteiger partial charge in [0.15, 0.2) is 5.60 Å². The van der Waals surface area contributed by atoms with E-state index in [2.05, 4.69) is 0 Å². The molecule has 0 spiro atoms. The number of carbonyl (C=O) groups is 2. The van der Waals surface area contributed by atoms with Gasteiger partial charge in [0.05, 0.1) is 11.2 Å². The zero-order chi connectivity index (χ0) is 17.2. The third-order valence-electron chi connectivity index (χ3n) is 5.33. The van der Waals surface area contributed by atoms with Crippen molar-refractivity contribution in [2.75, 3.05) is 7.11 Å². The highest BCUT2D eigenvalue weighted by Crippen LogP contribution is 2.37. The number of carbonyl (C=O) groups excluding carboxylic acids is 2. The molecule has 0 saturated carbocycles. The van der Waals surface area contributed by atoms with Crippen LogP contribution in [0.4, 0.5) is 0 Å².